The van der Waals surface area contributed by atoms with Gasteiger partial charge in [0, 0.05) is 12.6 Å². The molecule has 0 aliphatic rings. The van der Waals surface area contributed by atoms with Crippen molar-refractivity contribution in [2.75, 3.05) is 13.6 Å². The molecule has 2 N–H and O–H groups in total. The molecule has 0 saturated carbocycles. The summed E-state index contributed by atoms with van der Waals surface area (Å²) < 4.78 is 59.3. The normalized spacial score (nSPS) is 12.3. The van der Waals surface area contributed by atoms with Gasteiger partial charge in [0.25, 0.3) is 5.91 Å². The van der Waals surface area contributed by atoms with Crippen molar-refractivity contribution in [1.82, 2.24) is 4.90 Å². The Bertz CT molecular complexity index is 677. The van der Waals surface area contributed by atoms with Gasteiger partial charge in [0.15, 0.2) is 0 Å². The van der Waals surface area contributed by atoms with E-state index in [1.807, 2.05) is 0 Å². The third-order valence-electron chi connectivity index (χ3n) is 2.31. The molecule has 118 valence electrons. The molecule has 0 spiro atoms. The zero-order chi connectivity index (χ0) is 16.6. The van der Waals surface area contributed by atoms with Crippen LogP contribution >= 0.6 is 23.2 Å². The lowest BCUT2D eigenvalue weighted by Gasteiger charge is -2.19. The van der Waals surface area contributed by atoms with E-state index in [0.29, 0.717) is 4.90 Å². The first-order valence-corrected chi connectivity index (χ1v) is 7.47. The maximum Gasteiger partial charge on any atom is 0.406 e. The van der Waals surface area contributed by atoms with Gasteiger partial charge < -0.3 is 4.90 Å². The fourth-order valence-electron chi connectivity index (χ4n) is 1.46. The molecule has 1 amide bonds. The predicted molar refractivity (Wildman–Crippen MR) is 70.9 cm³/mol. The summed E-state index contributed by atoms with van der Waals surface area (Å²) in [5, 5.41) is 4.18. The Morgan fingerprint density at radius 3 is 2.29 bits per heavy atom. The molecule has 1 aromatic carbocycles. The lowest BCUT2D eigenvalue weighted by molar-refractivity contribution is -0.138. The zero-order valence-electron chi connectivity index (χ0n) is 10.4. The van der Waals surface area contributed by atoms with Gasteiger partial charge in [-0.05, 0) is 12.1 Å². The Morgan fingerprint density at radius 2 is 1.86 bits per heavy atom. The number of primary sulfonamides is 1. The van der Waals surface area contributed by atoms with Crippen molar-refractivity contribution in [3.8, 4) is 0 Å². The summed E-state index contributed by atoms with van der Waals surface area (Å²) in [6, 6.07) is 1.74. The van der Waals surface area contributed by atoms with Crippen LogP contribution in [0.5, 0.6) is 0 Å². The van der Waals surface area contributed by atoms with Gasteiger partial charge in [-0.25, -0.2) is 13.6 Å². The van der Waals surface area contributed by atoms with Crippen LogP contribution in [0.1, 0.15) is 10.4 Å². The van der Waals surface area contributed by atoms with Crippen LogP contribution in [0.15, 0.2) is 17.0 Å². The summed E-state index contributed by atoms with van der Waals surface area (Å²) in [6.45, 7) is -1.50. The largest absolute Gasteiger partial charge is 0.406 e. The van der Waals surface area contributed by atoms with E-state index >= 15 is 0 Å². The Kier molecular flexibility index (Phi) is 5.14. The quantitative estimate of drug-likeness (QED) is 0.893. The molecule has 0 aromatic heterocycles. The fraction of sp³-hybridized carbons (Fsp3) is 0.300. The van der Waals surface area contributed by atoms with Crippen molar-refractivity contribution < 1.29 is 26.4 Å². The maximum atomic E-state index is 12.2. The number of nitrogens with two attached hydrogens (primary N) is 1. The van der Waals surface area contributed by atoms with Crippen molar-refractivity contribution >= 4 is 39.1 Å². The van der Waals surface area contributed by atoms with Crippen LogP contribution in [-0.2, 0) is 10.0 Å². The first-order valence-electron chi connectivity index (χ1n) is 5.17. The molecule has 5 nitrogen and oxygen atoms in total. The van der Waals surface area contributed by atoms with Gasteiger partial charge in [-0.1, -0.05) is 23.2 Å². The van der Waals surface area contributed by atoms with Crippen LogP contribution in [0.3, 0.4) is 0 Å². The van der Waals surface area contributed by atoms with E-state index in [4.69, 9.17) is 28.3 Å². The monoisotopic (exact) mass is 364 g/mol. The molecule has 0 atom stereocenters. The number of rotatable bonds is 3. The standard InChI is InChI=1S/C10H9Cl2F3N2O3S/c1-17(4-10(13,14)15)9(18)5-2-6(11)8(12)7(3-5)21(16,19)20/h2-3H,4H2,1H3,(H2,16,19,20). The van der Waals surface area contributed by atoms with E-state index in [1.165, 1.54) is 0 Å². The summed E-state index contributed by atoms with van der Waals surface area (Å²) in [7, 11) is -3.37. The molecule has 21 heavy (non-hydrogen) atoms. The van der Waals surface area contributed by atoms with Gasteiger partial charge in [0.05, 0.1) is 10.0 Å². The van der Waals surface area contributed by atoms with Crippen molar-refractivity contribution in [3.63, 3.8) is 0 Å². The minimum atomic E-state index is -4.59. The first kappa shape index (κ1) is 18.0. The Labute approximate surface area is 128 Å². The summed E-state index contributed by atoms with van der Waals surface area (Å²) >= 11 is 11.3. The molecule has 0 aliphatic heterocycles. The van der Waals surface area contributed by atoms with Crippen molar-refractivity contribution in [2.45, 2.75) is 11.1 Å². The van der Waals surface area contributed by atoms with E-state index < -0.39 is 38.6 Å². The van der Waals surface area contributed by atoms with E-state index in [9.17, 15) is 26.4 Å². The average molecular weight is 365 g/mol. The second-order valence-corrected chi connectivity index (χ2v) is 6.41. The maximum absolute atomic E-state index is 12.2. The molecule has 0 heterocycles. The van der Waals surface area contributed by atoms with Crippen LogP contribution in [0.25, 0.3) is 0 Å². The second kappa shape index (κ2) is 5.99. The van der Waals surface area contributed by atoms with Gasteiger partial charge in [-0.2, -0.15) is 13.2 Å². The summed E-state index contributed by atoms with van der Waals surface area (Å²) in [5.41, 5.74) is -0.375. The van der Waals surface area contributed by atoms with Crippen molar-refractivity contribution in [3.05, 3.63) is 27.7 Å². The average Bonchev–Trinajstić information content (AvgIpc) is 2.27. The number of alkyl halides is 3. The van der Waals surface area contributed by atoms with E-state index in [0.717, 1.165) is 19.2 Å². The van der Waals surface area contributed by atoms with Crippen LogP contribution in [-0.4, -0.2) is 39.0 Å². The SMILES string of the molecule is CN(CC(F)(F)F)C(=O)c1cc(Cl)c(Cl)c(S(N)(=O)=O)c1. The Balaban J connectivity index is 3.27. The topological polar surface area (TPSA) is 80.5 Å². The number of carbonyl (C=O) groups is 1. The highest BCUT2D eigenvalue weighted by Crippen LogP contribution is 2.30. The van der Waals surface area contributed by atoms with Gasteiger partial charge in [0.2, 0.25) is 10.0 Å². The van der Waals surface area contributed by atoms with E-state index in [2.05, 4.69) is 0 Å². The summed E-state index contributed by atoms with van der Waals surface area (Å²) in [6.07, 6.45) is -4.59. The van der Waals surface area contributed by atoms with Gasteiger partial charge in [0.1, 0.15) is 11.4 Å². The molecular weight excluding hydrogens is 356 g/mol. The van der Waals surface area contributed by atoms with E-state index in [-0.39, 0.29) is 10.6 Å². The smallest absolute Gasteiger partial charge is 0.333 e. The Hall–Kier alpha value is -1.03. The van der Waals surface area contributed by atoms with Crippen molar-refractivity contribution in [1.29, 1.82) is 0 Å². The minimum Gasteiger partial charge on any atom is -0.333 e. The van der Waals surface area contributed by atoms with Crippen LogP contribution in [0.4, 0.5) is 13.2 Å². The lowest BCUT2D eigenvalue weighted by atomic mass is 10.2. The summed E-state index contributed by atoms with van der Waals surface area (Å²) in [4.78, 5) is 11.6. The number of sulfonamides is 1. The molecule has 11 heteroatoms. The fourth-order valence-corrected chi connectivity index (χ4v) is 2.81. The summed E-state index contributed by atoms with van der Waals surface area (Å²) in [5.74, 6) is -1.07. The predicted octanol–water partition coefficient (Wildman–Crippen LogP) is 2.28. The number of halogens is 5. The zero-order valence-corrected chi connectivity index (χ0v) is 12.7. The molecule has 1 rings (SSSR count). The van der Waals surface area contributed by atoms with Gasteiger partial charge in [-0.3, -0.25) is 4.79 Å². The number of benzene rings is 1. The molecule has 0 aliphatic carbocycles. The number of hydrogen-bond acceptors (Lipinski definition) is 3. The first-order chi connectivity index (χ1) is 9.33. The van der Waals surface area contributed by atoms with Gasteiger partial charge >= 0.3 is 6.18 Å². The Morgan fingerprint density at radius 1 is 1.33 bits per heavy atom. The highest BCUT2D eigenvalue weighted by molar-refractivity contribution is 7.89. The van der Waals surface area contributed by atoms with Crippen LogP contribution < -0.4 is 5.14 Å². The molecule has 0 fully saturated rings. The molecule has 1 aromatic rings. The third kappa shape index (κ3) is 4.73. The molecule has 0 radical (unpaired) electrons. The van der Waals surface area contributed by atoms with Crippen LogP contribution in [0.2, 0.25) is 10.0 Å². The number of carbonyl (C=O) groups excluding carboxylic acids is 1. The third-order valence-corrected chi connectivity index (χ3v) is 4.16. The van der Waals surface area contributed by atoms with Crippen molar-refractivity contribution in [2.24, 2.45) is 5.14 Å². The number of amides is 1. The number of nitrogens with zero attached hydrogens (tertiary/aromatic N) is 1. The highest BCUT2D eigenvalue weighted by atomic mass is 35.5. The minimum absolute atomic E-state index is 0.313. The molecule has 0 bridgehead atoms. The lowest BCUT2D eigenvalue weighted by Crippen LogP contribution is -2.35. The molecular formula is C10H9Cl2F3N2O3S. The van der Waals surface area contributed by atoms with Crippen LogP contribution in [0, 0.1) is 0 Å². The molecule has 0 saturated heterocycles. The second-order valence-electron chi connectivity index (χ2n) is 4.09. The number of hydrogen-bond donors (Lipinski definition) is 1. The van der Waals surface area contributed by atoms with Gasteiger partial charge in [-0.15, -0.1) is 0 Å². The molecule has 0 unspecified atom stereocenters. The van der Waals surface area contributed by atoms with E-state index in [1.54, 1.807) is 0 Å². The highest BCUT2D eigenvalue weighted by Gasteiger charge is 2.32.